The molecular formula is C7H7F3N2O2. The third-order valence-electron chi connectivity index (χ3n) is 1.49. The third-order valence-corrected chi connectivity index (χ3v) is 1.49. The van der Waals surface area contributed by atoms with E-state index in [2.05, 4.69) is 14.9 Å². The number of aromatic amines is 1. The first-order valence-corrected chi connectivity index (χ1v) is 3.62. The standard InChI is InChI=1S/C7H7F3N2O2/c1-14-6(13)4-3-11-12-5(4)2-7(8,9)10/h3H,2H2,1H3,(H,11,12). The van der Waals surface area contributed by atoms with Crippen molar-refractivity contribution in [1.29, 1.82) is 0 Å². The van der Waals surface area contributed by atoms with Crippen molar-refractivity contribution >= 4 is 5.97 Å². The second-order valence-corrected chi connectivity index (χ2v) is 2.53. The molecule has 1 aromatic rings. The highest BCUT2D eigenvalue weighted by atomic mass is 19.4. The van der Waals surface area contributed by atoms with E-state index < -0.39 is 18.6 Å². The van der Waals surface area contributed by atoms with Crippen molar-refractivity contribution in [2.45, 2.75) is 12.6 Å². The molecule has 14 heavy (non-hydrogen) atoms. The molecule has 0 fully saturated rings. The maximum absolute atomic E-state index is 12.0. The zero-order chi connectivity index (χ0) is 10.8. The number of nitrogens with zero attached hydrogens (tertiary/aromatic N) is 1. The lowest BCUT2D eigenvalue weighted by Crippen LogP contribution is -2.15. The van der Waals surface area contributed by atoms with Gasteiger partial charge in [0.15, 0.2) is 0 Å². The van der Waals surface area contributed by atoms with Gasteiger partial charge in [-0.05, 0) is 0 Å². The first-order valence-electron chi connectivity index (χ1n) is 3.62. The number of alkyl halides is 3. The molecule has 1 aromatic heterocycles. The number of esters is 1. The Hall–Kier alpha value is -1.53. The van der Waals surface area contributed by atoms with Crippen LogP contribution in [0.25, 0.3) is 0 Å². The summed E-state index contributed by atoms with van der Waals surface area (Å²) in [5.41, 5.74) is -0.547. The van der Waals surface area contributed by atoms with Crippen LogP contribution in [-0.4, -0.2) is 29.5 Å². The molecule has 0 bridgehead atoms. The molecule has 0 unspecified atom stereocenters. The second kappa shape index (κ2) is 3.69. The zero-order valence-corrected chi connectivity index (χ0v) is 7.18. The molecule has 0 atom stereocenters. The molecule has 0 aromatic carbocycles. The number of rotatable bonds is 2. The molecule has 7 heteroatoms. The minimum atomic E-state index is -4.39. The van der Waals surface area contributed by atoms with E-state index in [0.717, 1.165) is 13.3 Å². The molecule has 1 N–H and O–H groups in total. The maximum Gasteiger partial charge on any atom is 0.394 e. The highest BCUT2D eigenvalue weighted by molar-refractivity contribution is 5.90. The van der Waals surface area contributed by atoms with Gasteiger partial charge in [-0.25, -0.2) is 4.79 Å². The number of hydrogen-bond acceptors (Lipinski definition) is 3. The summed E-state index contributed by atoms with van der Waals surface area (Å²) in [5, 5.41) is 5.51. The number of halogens is 3. The number of hydrogen-bond donors (Lipinski definition) is 1. The quantitative estimate of drug-likeness (QED) is 0.745. The summed E-state index contributed by atoms with van der Waals surface area (Å²) in [7, 11) is 1.09. The van der Waals surface area contributed by atoms with Crippen LogP contribution in [0, 0.1) is 0 Å². The molecule has 1 rings (SSSR count). The first kappa shape index (κ1) is 10.6. The average molecular weight is 208 g/mol. The molecule has 78 valence electrons. The molecule has 1 heterocycles. The Morgan fingerprint density at radius 2 is 2.29 bits per heavy atom. The van der Waals surface area contributed by atoms with Gasteiger partial charge in [0.25, 0.3) is 0 Å². The first-order chi connectivity index (χ1) is 6.44. The van der Waals surface area contributed by atoms with Gasteiger partial charge in [0.05, 0.1) is 19.2 Å². The molecule has 0 amide bonds. The predicted octanol–water partition coefficient (Wildman–Crippen LogP) is 1.30. The van der Waals surface area contributed by atoms with Crippen molar-refractivity contribution < 1.29 is 22.7 Å². The van der Waals surface area contributed by atoms with E-state index in [0.29, 0.717) is 0 Å². The van der Waals surface area contributed by atoms with Crippen LogP contribution < -0.4 is 0 Å². The normalized spacial score (nSPS) is 11.4. The van der Waals surface area contributed by atoms with Crippen LogP contribution in [0.15, 0.2) is 6.20 Å². The minimum Gasteiger partial charge on any atom is -0.465 e. The number of nitrogens with one attached hydrogen (secondary N) is 1. The Labute approximate surface area is 77.1 Å². The smallest absolute Gasteiger partial charge is 0.394 e. The van der Waals surface area contributed by atoms with Crippen molar-refractivity contribution in [3.8, 4) is 0 Å². The number of ether oxygens (including phenoxy) is 1. The summed E-state index contributed by atoms with van der Waals surface area (Å²) in [6, 6.07) is 0. The monoisotopic (exact) mass is 208 g/mol. The minimum absolute atomic E-state index is 0.190. The number of aromatic nitrogens is 2. The van der Waals surface area contributed by atoms with Crippen LogP contribution in [0.3, 0.4) is 0 Å². The van der Waals surface area contributed by atoms with E-state index in [1.54, 1.807) is 0 Å². The Bertz CT molecular complexity index is 332. The molecule has 0 saturated heterocycles. The van der Waals surface area contributed by atoms with Gasteiger partial charge >= 0.3 is 12.1 Å². The fourth-order valence-electron chi connectivity index (χ4n) is 0.930. The van der Waals surface area contributed by atoms with E-state index in [1.807, 2.05) is 0 Å². The van der Waals surface area contributed by atoms with Gasteiger partial charge < -0.3 is 4.74 Å². The van der Waals surface area contributed by atoms with Crippen molar-refractivity contribution in [1.82, 2.24) is 10.2 Å². The van der Waals surface area contributed by atoms with Gasteiger partial charge in [-0.3, -0.25) is 5.10 Å². The molecule has 0 aliphatic carbocycles. The molecule has 4 nitrogen and oxygen atoms in total. The van der Waals surface area contributed by atoms with Gasteiger partial charge in [0, 0.05) is 6.20 Å². The predicted molar refractivity (Wildman–Crippen MR) is 39.7 cm³/mol. The van der Waals surface area contributed by atoms with Gasteiger partial charge in [-0.15, -0.1) is 0 Å². The summed E-state index contributed by atoms with van der Waals surface area (Å²) in [6.07, 6.45) is -4.56. The van der Waals surface area contributed by atoms with Crippen LogP contribution in [-0.2, 0) is 11.2 Å². The maximum atomic E-state index is 12.0. The van der Waals surface area contributed by atoms with Crippen LogP contribution in [0.2, 0.25) is 0 Å². The summed E-state index contributed by atoms with van der Waals surface area (Å²) >= 11 is 0. The van der Waals surface area contributed by atoms with Crippen LogP contribution in [0.4, 0.5) is 13.2 Å². The van der Waals surface area contributed by atoms with Crippen molar-refractivity contribution in [2.24, 2.45) is 0 Å². The number of H-pyrrole nitrogens is 1. The van der Waals surface area contributed by atoms with E-state index in [1.165, 1.54) is 0 Å². The van der Waals surface area contributed by atoms with Gasteiger partial charge in [0.2, 0.25) is 0 Å². The molecule has 0 aliphatic rings. The van der Waals surface area contributed by atoms with Crippen molar-refractivity contribution in [3.63, 3.8) is 0 Å². The molecule has 0 saturated carbocycles. The average Bonchev–Trinajstić information content (AvgIpc) is 2.48. The second-order valence-electron chi connectivity index (χ2n) is 2.53. The summed E-state index contributed by atoms with van der Waals surface area (Å²) in [4.78, 5) is 10.9. The Balaban J connectivity index is 2.88. The van der Waals surface area contributed by atoms with Gasteiger partial charge in [0.1, 0.15) is 5.56 Å². The lowest BCUT2D eigenvalue weighted by molar-refractivity contribution is -0.127. The Morgan fingerprint density at radius 1 is 1.64 bits per heavy atom. The summed E-state index contributed by atoms with van der Waals surface area (Å²) < 4.78 is 40.2. The third kappa shape index (κ3) is 2.48. The SMILES string of the molecule is COC(=O)c1c[nH]nc1CC(F)(F)F. The molecule has 0 radical (unpaired) electrons. The topological polar surface area (TPSA) is 55.0 Å². The van der Waals surface area contributed by atoms with Gasteiger partial charge in [-0.1, -0.05) is 0 Å². The van der Waals surface area contributed by atoms with Crippen LogP contribution >= 0.6 is 0 Å². The Morgan fingerprint density at radius 3 is 2.79 bits per heavy atom. The summed E-state index contributed by atoms with van der Waals surface area (Å²) in [6.45, 7) is 0. The number of carbonyl (C=O) groups excluding carboxylic acids is 1. The molecular weight excluding hydrogens is 201 g/mol. The number of methoxy groups -OCH3 is 1. The van der Waals surface area contributed by atoms with E-state index >= 15 is 0 Å². The Kier molecular flexibility index (Phi) is 2.78. The number of carbonyl (C=O) groups is 1. The lowest BCUT2D eigenvalue weighted by atomic mass is 10.2. The van der Waals surface area contributed by atoms with E-state index in [-0.39, 0.29) is 11.3 Å². The largest absolute Gasteiger partial charge is 0.465 e. The molecule has 0 spiro atoms. The highest BCUT2D eigenvalue weighted by Crippen LogP contribution is 2.22. The van der Waals surface area contributed by atoms with Crippen LogP contribution in [0.1, 0.15) is 16.1 Å². The van der Waals surface area contributed by atoms with E-state index in [9.17, 15) is 18.0 Å². The zero-order valence-electron chi connectivity index (χ0n) is 7.18. The fourth-order valence-corrected chi connectivity index (χ4v) is 0.930. The van der Waals surface area contributed by atoms with Gasteiger partial charge in [-0.2, -0.15) is 18.3 Å². The molecule has 0 aliphatic heterocycles. The fraction of sp³-hybridized carbons (Fsp3) is 0.429. The lowest BCUT2D eigenvalue weighted by Gasteiger charge is -2.04. The summed E-state index contributed by atoms with van der Waals surface area (Å²) in [5.74, 6) is -0.835. The van der Waals surface area contributed by atoms with Crippen LogP contribution in [0.5, 0.6) is 0 Å². The van der Waals surface area contributed by atoms with E-state index in [4.69, 9.17) is 0 Å². The van der Waals surface area contributed by atoms with Crippen molar-refractivity contribution in [2.75, 3.05) is 7.11 Å². The van der Waals surface area contributed by atoms with Crippen molar-refractivity contribution in [3.05, 3.63) is 17.5 Å². The highest BCUT2D eigenvalue weighted by Gasteiger charge is 2.31.